The predicted molar refractivity (Wildman–Crippen MR) is 101 cm³/mol. The van der Waals surface area contributed by atoms with Crippen molar-refractivity contribution in [3.05, 3.63) is 0 Å². The minimum atomic E-state index is -0.0770. The summed E-state index contributed by atoms with van der Waals surface area (Å²) >= 11 is 0. The molecular weight excluding hydrogens is 326 g/mol. The van der Waals surface area contributed by atoms with Crippen molar-refractivity contribution in [2.24, 2.45) is 29.6 Å². The van der Waals surface area contributed by atoms with Crippen molar-refractivity contribution < 1.29 is 9.53 Å². The van der Waals surface area contributed by atoms with Crippen LogP contribution in [-0.2, 0) is 9.53 Å². The molecule has 6 aliphatic rings. The topological polar surface area (TPSA) is 44.8 Å². The van der Waals surface area contributed by atoms with E-state index in [-0.39, 0.29) is 11.9 Å². The van der Waals surface area contributed by atoms with Crippen molar-refractivity contribution in [1.82, 2.24) is 15.1 Å². The quantitative estimate of drug-likeness (QED) is 0.826. The lowest BCUT2D eigenvalue weighted by atomic mass is 9.54. The van der Waals surface area contributed by atoms with Gasteiger partial charge < -0.3 is 15.0 Å². The van der Waals surface area contributed by atoms with Crippen LogP contribution in [-0.4, -0.2) is 74.2 Å². The van der Waals surface area contributed by atoms with Gasteiger partial charge in [0.25, 0.3) is 0 Å². The molecule has 146 valence electrons. The maximum Gasteiger partial charge on any atom is 0.239 e. The Labute approximate surface area is 157 Å². The van der Waals surface area contributed by atoms with Gasteiger partial charge in [0.2, 0.25) is 5.91 Å². The van der Waals surface area contributed by atoms with E-state index < -0.39 is 0 Å². The summed E-state index contributed by atoms with van der Waals surface area (Å²) in [6.07, 6.45) is 8.16. The summed E-state index contributed by atoms with van der Waals surface area (Å²) in [6, 6.07) is 0.364. The summed E-state index contributed by atoms with van der Waals surface area (Å²) < 4.78 is 5.71. The Morgan fingerprint density at radius 3 is 2.46 bits per heavy atom. The van der Waals surface area contributed by atoms with E-state index in [0.29, 0.717) is 18.6 Å². The number of hydrogen-bond donors (Lipinski definition) is 1. The third-order valence-electron chi connectivity index (χ3n) is 8.06. The molecular formula is C21H35N3O2. The molecule has 2 heterocycles. The van der Waals surface area contributed by atoms with Crippen molar-refractivity contribution in [2.75, 3.05) is 46.4 Å². The molecule has 6 fully saturated rings. The molecule has 1 N–H and O–H groups in total. The number of nitrogens with zero attached hydrogens (tertiary/aromatic N) is 2. The van der Waals surface area contributed by atoms with Crippen molar-refractivity contribution in [2.45, 2.75) is 50.6 Å². The lowest BCUT2D eigenvalue weighted by Gasteiger charge is -2.54. The number of likely N-dealkylation sites (tertiary alicyclic amines) is 1. The molecule has 4 aliphatic carbocycles. The normalized spacial score (nSPS) is 46.0. The minimum Gasteiger partial charge on any atom is -0.378 e. The van der Waals surface area contributed by atoms with E-state index in [0.717, 1.165) is 43.4 Å². The van der Waals surface area contributed by atoms with Gasteiger partial charge in [0, 0.05) is 25.7 Å². The van der Waals surface area contributed by atoms with Crippen LogP contribution >= 0.6 is 0 Å². The molecule has 4 bridgehead atoms. The molecule has 0 radical (unpaired) electrons. The molecule has 5 heteroatoms. The zero-order chi connectivity index (χ0) is 17.7. The summed E-state index contributed by atoms with van der Waals surface area (Å²) in [7, 11) is 2.20. The van der Waals surface area contributed by atoms with Gasteiger partial charge in [0.15, 0.2) is 0 Å². The van der Waals surface area contributed by atoms with Gasteiger partial charge in [-0.25, -0.2) is 0 Å². The molecule has 1 amide bonds. The Bertz CT molecular complexity index is 511. The van der Waals surface area contributed by atoms with E-state index in [2.05, 4.69) is 22.2 Å². The van der Waals surface area contributed by atoms with Crippen LogP contribution < -0.4 is 5.32 Å². The smallest absolute Gasteiger partial charge is 0.239 e. The van der Waals surface area contributed by atoms with Gasteiger partial charge in [-0.1, -0.05) is 0 Å². The average Bonchev–Trinajstić information content (AvgIpc) is 3.02. The Morgan fingerprint density at radius 1 is 1.08 bits per heavy atom. The first-order valence-electron chi connectivity index (χ1n) is 11.0. The molecule has 2 aliphatic heterocycles. The molecule has 0 aromatic rings. The Kier molecular flexibility index (Phi) is 4.74. The van der Waals surface area contributed by atoms with E-state index in [4.69, 9.17) is 4.74 Å². The van der Waals surface area contributed by atoms with Gasteiger partial charge in [-0.05, 0) is 81.7 Å². The molecule has 0 spiro atoms. The summed E-state index contributed by atoms with van der Waals surface area (Å²) in [5.41, 5.74) is 0. The largest absolute Gasteiger partial charge is 0.378 e. The van der Waals surface area contributed by atoms with Crippen LogP contribution in [0.3, 0.4) is 0 Å². The molecule has 5 nitrogen and oxygen atoms in total. The summed E-state index contributed by atoms with van der Waals surface area (Å²) in [4.78, 5) is 18.0. The van der Waals surface area contributed by atoms with Crippen LogP contribution in [0.2, 0.25) is 0 Å². The standard InChI is InChI=1S/C21H35N3O2/c1-23-3-2-14(11-23)12-24-4-5-26-13-19(24)21(25)22-20-17-7-15-6-16(9-17)10-18(20)8-15/h14-20H,2-13H2,1H3,(H,22,25)/t14?,15?,16?,17?,18?,19-,20?/m1/s1. The molecule has 6 rings (SSSR count). The van der Waals surface area contributed by atoms with Gasteiger partial charge in [0.05, 0.1) is 13.2 Å². The zero-order valence-corrected chi connectivity index (χ0v) is 16.2. The third kappa shape index (κ3) is 3.31. The number of morpholine rings is 1. The molecule has 0 aromatic carbocycles. The Morgan fingerprint density at radius 2 is 1.81 bits per heavy atom. The lowest BCUT2D eigenvalue weighted by molar-refractivity contribution is -0.136. The summed E-state index contributed by atoms with van der Waals surface area (Å²) in [5, 5.41) is 3.52. The van der Waals surface area contributed by atoms with Crippen molar-refractivity contribution in [3.8, 4) is 0 Å². The van der Waals surface area contributed by atoms with Crippen molar-refractivity contribution in [3.63, 3.8) is 0 Å². The molecule has 4 saturated carbocycles. The Hall–Kier alpha value is -0.650. The second kappa shape index (κ2) is 7.06. The first kappa shape index (κ1) is 17.4. The van der Waals surface area contributed by atoms with Crippen LogP contribution in [0.1, 0.15) is 38.5 Å². The predicted octanol–water partition coefficient (Wildman–Crippen LogP) is 1.58. The van der Waals surface area contributed by atoms with E-state index in [1.807, 2.05) is 0 Å². The van der Waals surface area contributed by atoms with Gasteiger partial charge in [-0.2, -0.15) is 0 Å². The number of rotatable bonds is 4. The van der Waals surface area contributed by atoms with Gasteiger partial charge >= 0.3 is 0 Å². The van der Waals surface area contributed by atoms with Gasteiger partial charge in [0.1, 0.15) is 6.04 Å². The third-order valence-corrected chi connectivity index (χ3v) is 8.06. The van der Waals surface area contributed by atoms with Crippen molar-refractivity contribution in [1.29, 1.82) is 0 Å². The van der Waals surface area contributed by atoms with Crippen LogP contribution in [0.5, 0.6) is 0 Å². The molecule has 0 aromatic heterocycles. The fourth-order valence-corrected chi connectivity index (χ4v) is 7.03. The van der Waals surface area contributed by atoms with E-state index in [9.17, 15) is 4.79 Å². The molecule has 1 unspecified atom stereocenters. The first-order chi connectivity index (χ1) is 12.7. The number of carbonyl (C=O) groups is 1. The summed E-state index contributed by atoms with van der Waals surface area (Å²) in [6.45, 7) is 5.65. The van der Waals surface area contributed by atoms with Gasteiger partial charge in [-0.3, -0.25) is 9.69 Å². The summed E-state index contributed by atoms with van der Waals surface area (Å²) in [5.74, 6) is 4.36. The Balaban J connectivity index is 1.22. The van der Waals surface area contributed by atoms with Gasteiger partial charge in [-0.15, -0.1) is 0 Å². The fraction of sp³-hybridized carbons (Fsp3) is 0.952. The highest BCUT2D eigenvalue weighted by Gasteiger charge is 2.49. The number of nitrogens with one attached hydrogen (secondary N) is 1. The van der Waals surface area contributed by atoms with Crippen LogP contribution in [0.25, 0.3) is 0 Å². The van der Waals surface area contributed by atoms with Crippen LogP contribution in [0.4, 0.5) is 0 Å². The molecule has 2 saturated heterocycles. The number of ether oxygens (including phenoxy) is 1. The monoisotopic (exact) mass is 361 g/mol. The maximum absolute atomic E-state index is 13.2. The highest BCUT2D eigenvalue weighted by Crippen LogP contribution is 2.53. The number of hydrogen-bond acceptors (Lipinski definition) is 4. The van der Waals surface area contributed by atoms with Crippen LogP contribution in [0.15, 0.2) is 0 Å². The highest BCUT2D eigenvalue weighted by molar-refractivity contribution is 5.82. The molecule has 2 atom stereocenters. The van der Waals surface area contributed by atoms with Crippen molar-refractivity contribution >= 4 is 5.91 Å². The maximum atomic E-state index is 13.2. The van der Waals surface area contributed by atoms with E-state index >= 15 is 0 Å². The van der Waals surface area contributed by atoms with E-state index in [1.54, 1.807) is 0 Å². The SMILES string of the molecule is CN1CCC(CN2CCOC[C@@H]2C(=O)NC2C3CC4CC(C3)CC2C4)C1. The zero-order valence-electron chi connectivity index (χ0n) is 16.2. The fourth-order valence-electron chi connectivity index (χ4n) is 7.03. The highest BCUT2D eigenvalue weighted by atomic mass is 16.5. The minimum absolute atomic E-state index is 0.0770. The second-order valence-electron chi connectivity index (χ2n) is 9.97. The van der Waals surface area contributed by atoms with Crippen LogP contribution in [0, 0.1) is 29.6 Å². The lowest BCUT2D eigenvalue weighted by Crippen LogP contribution is -2.61. The van der Waals surface area contributed by atoms with E-state index in [1.165, 1.54) is 51.6 Å². The second-order valence-corrected chi connectivity index (χ2v) is 9.97. The number of carbonyl (C=O) groups excluding carboxylic acids is 1. The number of amides is 1. The molecule has 26 heavy (non-hydrogen) atoms. The first-order valence-corrected chi connectivity index (χ1v) is 11.0. The average molecular weight is 362 g/mol.